The molecule has 0 aliphatic carbocycles. The monoisotopic (exact) mass is 415 g/mol. The topological polar surface area (TPSA) is 95.2 Å². The minimum absolute atomic E-state index is 0. The van der Waals surface area contributed by atoms with Gasteiger partial charge in [-0.2, -0.15) is 5.10 Å². The SMILES string of the molecule is COc1cc(NC(=O)c2ccc3cc(C=NN)ccc3c2)cc(OC)c1OC.Cl. The molecule has 3 aromatic carbocycles. The second kappa shape index (κ2) is 9.66. The van der Waals surface area contributed by atoms with E-state index in [4.69, 9.17) is 20.1 Å². The third kappa shape index (κ3) is 4.70. The molecule has 0 bridgehead atoms. The van der Waals surface area contributed by atoms with Gasteiger partial charge in [-0.25, -0.2) is 0 Å². The van der Waals surface area contributed by atoms with Crippen LogP contribution in [0.3, 0.4) is 0 Å². The lowest BCUT2D eigenvalue weighted by Crippen LogP contribution is -2.12. The van der Waals surface area contributed by atoms with Gasteiger partial charge in [-0.15, -0.1) is 12.4 Å². The maximum absolute atomic E-state index is 12.7. The van der Waals surface area contributed by atoms with Crippen molar-refractivity contribution >= 4 is 41.0 Å². The number of nitrogens with two attached hydrogens (primary N) is 1. The molecule has 0 aliphatic heterocycles. The number of hydrogen-bond acceptors (Lipinski definition) is 6. The normalized spacial score (nSPS) is 10.4. The number of halogens is 1. The number of carbonyl (C=O) groups is 1. The fraction of sp³-hybridized carbons (Fsp3) is 0.143. The Morgan fingerprint density at radius 1 is 0.931 bits per heavy atom. The Balaban J connectivity index is 0.00000300. The van der Waals surface area contributed by atoms with Crippen LogP contribution in [0, 0.1) is 0 Å². The zero-order valence-corrected chi connectivity index (χ0v) is 17.1. The first kappa shape index (κ1) is 21.8. The first-order chi connectivity index (χ1) is 13.6. The number of benzene rings is 3. The van der Waals surface area contributed by atoms with E-state index < -0.39 is 0 Å². The van der Waals surface area contributed by atoms with E-state index in [1.54, 1.807) is 24.4 Å². The van der Waals surface area contributed by atoms with Crippen molar-refractivity contribution in [1.29, 1.82) is 0 Å². The summed E-state index contributed by atoms with van der Waals surface area (Å²) in [5.74, 6) is 6.33. The first-order valence-electron chi connectivity index (χ1n) is 8.48. The summed E-state index contributed by atoms with van der Waals surface area (Å²) in [5, 5.41) is 8.32. The van der Waals surface area contributed by atoms with Crippen LogP contribution in [-0.2, 0) is 0 Å². The number of nitrogens with zero attached hydrogens (tertiary/aromatic N) is 1. The molecule has 3 rings (SSSR count). The summed E-state index contributed by atoms with van der Waals surface area (Å²) in [6.07, 6.45) is 1.57. The van der Waals surface area contributed by atoms with Gasteiger partial charge in [-0.05, 0) is 34.5 Å². The lowest BCUT2D eigenvalue weighted by molar-refractivity contribution is 0.102. The number of fused-ring (bicyclic) bond motifs is 1. The van der Waals surface area contributed by atoms with Gasteiger partial charge >= 0.3 is 0 Å². The minimum atomic E-state index is -0.247. The number of anilines is 1. The predicted octanol–water partition coefficient (Wildman–Crippen LogP) is 3.83. The molecule has 152 valence electrons. The van der Waals surface area contributed by atoms with Gasteiger partial charge in [0.1, 0.15) is 0 Å². The van der Waals surface area contributed by atoms with E-state index in [2.05, 4.69) is 10.4 Å². The number of hydrazone groups is 1. The number of ether oxygens (including phenoxy) is 3. The maximum atomic E-state index is 12.7. The van der Waals surface area contributed by atoms with Crippen LogP contribution in [0.4, 0.5) is 5.69 Å². The predicted molar refractivity (Wildman–Crippen MR) is 117 cm³/mol. The van der Waals surface area contributed by atoms with E-state index in [1.165, 1.54) is 21.3 Å². The van der Waals surface area contributed by atoms with Crippen LogP contribution in [0.5, 0.6) is 17.2 Å². The Morgan fingerprint density at radius 2 is 1.55 bits per heavy atom. The largest absolute Gasteiger partial charge is 0.493 e. The maximum Gasteiger partial charge on any atom is 0.255 e. The molecule has 0 spiro atoms. The molecule has 0 saturated carbocycles. The van der Waals surface area contributed by atoms with Crippen LogP contribution < -0.4 is 25.4 Å². The zero-order valence-electron chi connectivity index (χ0n) is 16.3. The highest BCUT2D eigenvalue weighted by Gasteiger charge is 2.15. The average molecular weight is 416 g/mol. The molecular formula is C21H22ClN3O4. The number of carbonyl (C=O) groups excluding carboxylic acids is 1. The minimum Gasteiger partial charge on any atom is -0.493 e. The molecule has 0 heterocycles. The van der Waals surface area contributed by atoms with Crippen LogP contribution in [0.1, 0.15) is 15.9 Å². The van der Waals surface area contributed by atoms with Gasteiger partial charge in [0.15, 0.2) is 11.5 Å². The molecule has 3 N–H and O–H groups in total. The van der Waals surface area contributed by atoms with E-state index in [-0.39, 0.29) is 18.3 Å². The molecule has 1 amide bonds. The fourth-order valence-electron chi connectivity index (χ4n) is 2.93. The van der Waals surface area contributed by atoms with Gasteiger partial charge < -0.3 is 25.4 Å². The second-order valence-electron chi connectivity index (χ2n) is 5.97. The smallest absolute Gasteiger partial charge is 0.255 e. The molecule has 7 nitrogen and oxygen atoms in total. The van der Waals surface area contributed by atoms with Crippen LogP contribution in [0.2, 0.25) is 0 Å². The van der Waals surface area contributed by atoms with E-state index >= 15 is 0 Å². The molecule has 0 saturated heterocycles. The van der Waals surface area contributed by atoms with Crippen molar-refractivity contribution in [1.82, 2.24) is 0 Å². The summed E-state index contributed by atoms with van der Waals surface area (Å²) in [6, 6.07) is 14.6. The van der Waals surface area contributed by atoms with E-state index in [0.717, 1.165) is 16.3 Å². The van der Waals surface area contributed by atoms with Crippen molar-refractivity contribution in [3.63, 3.8) is 0 Å². The average Bonchev–Trinajstić information content (AvgIpc) is 2.72. The number of hydrogen-bond donors (Lipinski definition) is 2. The molecule has 0 fully saturated rings. The van der Waals surface area contributed by atoms with Crippen molar-refractivity contribution in [2.75, 3.05) is 26.6 Å². The molecule has 0 aromatic heterocycles. The van der Waals surface area contributed by atoms with Crippen molar-refractivity contribution in [2.45, 2.75) is 0 Å². The number of nitrogens with one attached hydrogen (secondary N) is 1. The van der Waals surface area contributed by atoms with Gasteiger partial charge in [0.05, 0.1) is 27.5 Å². The summed E-state index contributed by atoms with van der Waals surface area (Å²) in [6.45, 7) is 0. The standard InChI is InChI=1S/C21H21N3O4.ClH/c1-26-18-10-17(11-19(27-2)20(18)28-3)24-21(25)16-7-6-14-8-13(12-23-22)4-5-15(14)9-16;/h4-12H,22H2,1-3H3,(H,24,25);1H. The molecule has 0 aliphatic rings. The van der Waals surface area contributed by atoms with Gasteiger partial charge in [0, 0.05) is 23.4 Å². The van der Waals surface area contributed by atoms with Gasteiger partial charge in [-0.1, -0.05) is 18.2 Å². The third-order valence-electron chi connectivity index (χ3n) is 4.27. The number of rotatable bonds is 6. The van der Waals surface area contributed by atoms with E-state index in [1.807, 2.05) is 30.3 Å². The molecule has 3 aromatic rings. The van der Waals surface area contributed by atoms with Crippen LogP contribution >= 0.6 is 12.4 Å². The first-order valence-corrected chi connectivity index (χ1v) is 8.48. The summed E-state index contributed by atoms with van der Waals surface area (Å²) in [7, 11) is 4.57. The molecule has 0 radical (unpaired) electrons. The Bertz CT molecular complexity index is 1030. The number of methoxy groups -OCH3 is 3. The molecule has 8 heteroatoms. The summed E-state index contributed by atoms with van der Waals surface area (Å²) >= 11 is 0. The fourth-order valence-corrected chi connectivity index (χ4v) is 2.93. The zero-order chi connectivity index (χ0) is 20.1. The highest BCUT2D eigenvalue weighted by atomic mass is 35.5. The van der Waals surface area contributed by atoms with E-state index in [0.29, 0.717) is 28.5 Å². The highest BCUT2D eigenvalue weighted by molar-refractivity contribution is 6.07. The number of amides is 1. The van der Waals surface area contributed by atoms with Gasteiger partial charge in [-0.3, -0.25) is 4.79 Å². The Kier molecular flexibility index (Phi) is 7.27. The molecule has 29 heavy (non-hydrogen) atoms. The second-order valence-corrected chi connectivity index (χ2v) is 5.97. The van der Waals surface area contributed by atoms with Crippen molar-refractivity contribution in [3.8, 4) is 17.2 Å². The highest BCUT2D eigenvalue weighted by Crippen LogP contribution is 2.40. The quantitative estimate of drug-likeness (QED) is 0.362. The summed E-state index contributed by atoms with van der Waals surface area (Å²) in [5.41, 5.74) is 1.96. The molecule has 0 atom stereocenters. The van der Waals surface area contributed by atoms with Crippen LogP contribution in [0.25, 0.3) is 10.8 Å². The molecule has 0 unspecified atom stereocenters. The lowest BCUT2D eigenvalue weighted by atomic mass is 10.0. The Hall–Kier alpha value is -3.45. The lowest BCUT2D eigenvalue weighted by Gasteiger charge is -2.14. The van der Waals surface area contributed by atoms with Crippen LogP contribution in [-0.4, -0.2) is 33.5 Å². The summed E-state index contributed by atoms with van der Waals surface area (Å²) in [4.78, 5) is 12.7. The Morgan fingerprint density at radius 3 is 2.14 bits per heavy atom. The third-order valence-corrected chi connectivity index (χ3v) is 4.27. The van der Waals surface area contributed by atoms with Crippen molar-refractivity contribution < 1.29 is 19.0 Å². The summed E-state index contributed by atoms with van der Waals surface area (Å²) < 4.78 is 15.9. The van der Waals surface area contributed by atoms with Gasteiger partial charge in [0.25, 0.3) is 5.91 Å². The van der Waals surface area contributed by atoms with Gasteiger partial charge in [0.2, 0.25) is 5.75 Å². The van der Waals surface area contributed by atoms with Crippen molar-refractivity contribution in [2.24, 2.45) is 10.9 Å². The Labute approximate surface area is 174 Å². The van der Waals surface area contributed by atoms with E-state index in [9.17, 15) is 4.79 Å². The van der Waals surface area contributed by atoms with Crippen LogP contribution in [0.15, 0.2) is 53.6 Å². The molecular weight excluding hydrogens is 394 g/mol. The van der Waals surface area contributed by atoms with Crippen molar-refractivity contribution in [3.05, 3.63) is 59.7 Å².